The SMILES string of the molecule is CC(CCCC(N)C(N)=O)NC(=O)CCCc1ccc(I)cc1. The number of hydrogen-bond acceptors (Lipinski definition) is 3. The zero-order chi connectivity index (χ0) is 17.2. The maximum absolute atomic E-state index is 11.9. The Morgan fingerprint density at radius 2 is 1.83 bits per heavy atom. The van der Waals surface area contributed by atoms with E-state index in [1.807, 2.05) is 6.92 Å². The van der Waals surface area contributed by atoms with Crippen LogP contribution in [0.25, 0.3) is 0 Å². The van der Waals surface area contributed by atoms with Gasteiger partial charge in [-0.15, -0.1) is 0 Å². The van der Waals surface area contributed by atoms with Crippen LogP contribution in [0.5, 0.6) is 0 Å². The van der Waals surface area contributed by atoms with E-state index < -0.39 is 11.9 Å². The number of rotatable bonds is 10. The fourth-order valence-electron chi connectivity index (χ4n) is 2.31. The van der Waals surface area contributed by atoms with Crippen molar-refractivity contribution in [1.29, 1.82) is 0 Å². The van der Waals surface area contributed by atoms with Gasteiger partial charge in [-0.1, -0.05) is 12.1 Å². The van der Waals surface area contributed by atoms with Gasteiger partial charge < -0.3 is 16.8 Å². The first-order valence-electron chi connectivity index (χ1n) is 7.97. The maximum atomic E-state index is 11.9. The van der Waals surface area contributed by atoms with Crippen molar-refractivity contribution < 1.29 is 9.59 Å². The number of nitrogens with two attached hydrogens (primary N) is 2. The summed E-state index contributed by atoms with van der Waals surface area (Å²) in [6.45, 7) is 1.97. The van der Waals surface area contributed by atoms with Crippen molar-refractivity contribution in [3.63, 3.8) is 0 Å². The highest BCUT2D eigenvalue weighted by Gasteiger charge is 2.11. The first kappa shape index (κ1) is 19.9. The van der Waals surface area contributed by atoms with Gasteiger partial charge in [0.05, 0.1) is 6.04 Å². The first-order chi connectivity index (χ1) is 10.9. The first-order valence-corrected chi connectivity index (χ1v) is 9.05. The molecule has 128 valence electrons. The standard InChI is InChI=1S/C17H26IN3O2/c1-12(4-2-6-15(19)17(20)23)21-16(22)7-3-5-13-8-10-14(18)11-9-13/h8-12,15H,2-7,19H2,1H3,(H2,20,23)(H,21,22). The van der Waals surface area contributed by atoms with Gasteiger partial charge in [-0.2, -0.15) is 0 Å². The summed E-state index contributed by atoms with van der Waals surface area (Å²) in [6.07, 6.45) is 4.40. The third kappa shape index (κ3) is 8.90. The highest BCUT2D eigenvalue weighted by atomic mass is 127. The molecule has 0 aliphatic rings. The third-order valence-corrected chi connectivity index (χ3v) is 4.43. The van der Waals surface area contributed by atoms with E-state index in [1.54, 1.807) is 0 Å². The third-order valence-electron chi connectivity index (χ3n) is 3.71. The minimum Gasteiger partial charge on any atom is -0.368 e. The summed E-state index contributed by atoms with van der Waals surface area (Å²) < 4.78 is 1.22. The van der Waals surface area contributed by atoms with E-state index >= 15 is 0 Å². The number of aryl methyl sites for hydroxylation is 1. The molecule has 6 heteroatoms. The molecule has 0 aromatic heterocycles. The molecule has 2 unspecified atom stereocenters. The predicted octanol–water partition coefficient (Wildman–Crippen LogP) is 2.10. The second-order valence-electron chi connectivity index (χ2n) is 5.89. The van der Waals surface area contributed by atoms with Crippen molar-refractivity contribution in [3.8, 4) is 0 Å². The number of halogens is 1. The lowest BCUT2D eigenvalue weighted by Gasteiger charge is -2.15. The minimum atomic E-state index is -0.591. The second-order valence-corrected chi connectivity index (χ2v) is 7.13. The van der Waals surface area contributed by atoms with Gasteiger partial charge in [0.25, 0.3) is 0 Å². The Hall–Kier alpha value is -1.15. The van der Waals surface area contributed by atoms with Crippen LogP contribution in [0.3, 0.4) is 0 Å². The van der Waals surface area contributed by atoms with Crippen LogP contribution in [0.1, 0.15) is 44.6 Å². The minimum absolute atomic E-state index is 0.0715. The molecule has 0 aliphatic carbocycles. The van der Waals surface area contributed by atoms with E-state index in [-0.39, 0.29) is 11.9 Å². The van der Waals surface area contributed by atoms with Crippen molar-refractivity contribution in [3.05, 3.63) is 33.4 Å². The van der Waals surface area contributed by atoms with E-state index in [1.165, 1.54) is 9.13 Å². The van der Waals surface area contributed by atoms with Gasteiger partial charge in [-0.3, -0.25) is 9.59 Å². The molecular weight excluding hydrogens is 405 g/mol. The fraction of sp³-hybridized carbons (Fsp3) is 0.529. The quantitative estimate of drug-likeness (QED) is 0.495. The number of primary amides is 1. The number of carbonyl (C=O) groups is 2. The summed E-state index contributed by atoms with van der Waals surface area (Å²) in [4.78, 5) is 22.7. The Labute approximate surface area is 151 Å². The summed E-state index contributed by atoms with van der Waals surface area (Å²) in [5.74, 6) is -0.403. The summed E-state index contributed by atoms with van der Waals surface area (Å²) in [5.41, 5.74) is 11.9. The predicted molar refractivity (Wildman–Crippen MR) is 101 cm³/mol. The Balaban J connectivity index is 2.15. The maximum Gasteiger partial charge on any atom is 0.234 e. The molecule has 5 N–H and O–H groups in total. The van der Waals surface area contributed by atoms with Gasteiger partial charge in [0.15, 0.2) is 0 Å². The molecule has 1 rings (SSSR count). The second kappa shape index (κ2) is 10.6. The summed E-state index contributed by atoms with van der Waals surface area (Å²) in [5, 5.41) is 2.98. The van der Waals surface area contributed by atoms with Crippen LogP contribution < -0.4 is 16.8 Å². The largest absolute Gasteiger partial charge is 0.368 e. The number of carbonyl (C=O) groups excluding carboxylic acids is 2. The Morgan fingerprint density at radius 1 is 1.17 bits per heavy atom. The van der Waals surface area contributed by atoms with Gasteiger partial charge in [0.1, 0.15) is 0 Å². The summed E-state index contributed by atoms with van der Waals surface area (Å²) >= 11 is 2.28. The molecule has 0 fully saturated rings. The fourth-order valence-corrected chi connectivity index (χ4v) is 2.67. The van der Waals surface area contributed by atoms with Crippen molar-refractivity contribution in [2.24, 2.45) is 11.5 Å². The van der Waals surface area contributed by atoms with Crippen molar-refractivity contribution in [1.82, 2.24) is 5.32 Å². The highest BCUT2D eigenvalue weighted by molar-refractivity contribution is 14.1. The number of hydrogen-bond donors (Lipinski definition) is 3. The lowest BCUT2D eigenvalue weighted by molar-refractivity contribution is -0.122. The Morgan fingerprint density at radius 3 is 2.43 bits per heavy atom. The smallest absolute Gasteiger partial charge is 0.234 e. The molecule has 0 aliphatic heterocycles. The van der Waals surface area contributed by atoms with E-state index in [9.17, 15) is 9.59 Å². The zero-order valence-electron chi connectivity index (χ0n) is 13.6. The Bertz CT molecular complexity index is 505. The zero-order valence-corrected chi connectivity index (χ0v) is 15.7. The van der Waals surface area contributed by atoms with E-state index in [0.717, 1.165) is 25.7 Å². The molecule has 0 heterocycles. The van der Waals surface area contributed by atoms with Crippen molar-refractivity contribution in [2.75, 3.05) is 0 Å². The van der Waals surface area contributed by atoms with Crippen LogP contribution in [0.15, 0.2) is 24.3 Å². The molecule has 0 saturated carbocycles. The van der Waals surface area contributed by atoms with Crippen LogP contribution in [-0.2, 0) is 16.0 Å². The summed E-state index contributed by atoms with van der Waals surface area (Å²) in [7, 11) is 0. The van der Waals surface area contributed by atoms with E-state index in [2.05, 4.69) is 52.2 Å². The molecule has 1 aromatic rings. The van der Waals surface area contributed by atoms with Crippen molar-refractivity contribution in [2.45, 2.75) is 57.5 Å². The average Bonchev–Trinajstić information content (AvgIpc) is 2.49. The number of amides is 2. The number of nitrogens with one attached hydrogen (secondary N) is 1. The molecule has 0 saturated heterocycles. The normalized spacial score (nSPS) is 13.3. The van der Waals surface area contributed by atoms with Gasteiger partial charge in [-0.05, 0) is 79.3 Å². The lowest BCUT2D eigenvalue weighted by atomic mass is 10.1. The van der Waals surface area contributed by atoms with Crippen LogP contribution in [0.4, 0.5) is 0 Å². The molecule has 0 spiro atoms. The molecule has 0 radical (unpaired) electrons. The molecular formula is C17H26IN3O2. The van der Waals surface area contributed by atoms with Gasteiger partial charge in [-0.25, -0.2) is 0 Å². The molecule has 0 bridgehead atoms. The molecule has 1 aromatic carbocycles. The molecule has 2 atom stereocenters. The van der Waals surface area contributed by atoms with Crippen LogP contribution in [0.2, 0.25) is 0 Å². The van der Waals surface area contributed by atoms with Gasteiger partial charge in [0, 0.05) is 16.0 Å². The monoisotopic (exact) mass is 431 g/mol. The van der Waals surface area contributed by atoms with Gasteiger partial charge >= 0.3 is 0 Å². The van der Waals surface area contributed by atoms with Crippen LogP contribution in [-0.4, -0.2) is 23.9 Å². The number of benzene rings is 1. The highest BCUT2D eigenvalue weighted by Crippen LogP contribution is 2.10. The van der Waals surface area contributed by atoms with Crippen molar-refractivity contribution >= 4 is 34.4 Å². The van der Waals surface area contributed by atoms with Crippen LogP contribution >= 0.6 is 22.6 Å². The topological polar surface area (TPSA) is 98.2 Å². The molecule has 5 nitrogen and oxygen atoms in total. The molecule has 2 amide bonds. The van der Waals surface area contributed by atoms with Crippen LogP contribution in [0, 0.1) is 3.57 Å². The van der Waals surface area contributed by atoms with E-state index in [0.29, 0.717) is 12.8 Å². The van der Waals surface area contributed by atoms with E-state index in [4.69, 9.17) is 11.5 Å². The van der Waals surface area contributed by atoms with Gasteiger partial charge in [0.2, 0.25) is 11.8 Å². The Kier molecular flexibility index (Phi) is 9.16. The summed E-state index contributed by atoms with van der Waals surface area (Å²) in [6, 6.07) is 7.85. The molecule has 23 heavy (non-hydrogen) atoms. The average molecular weight is 431 g/mol. The lowest BCUT2D eigenvalue weighted by Crippen LogP contribution is -2.37.